The molecule has 0 bridgehead atoms. The zero-order valence-electron chi connectivity index (χ0n) is 13.0. The number of rotatable bonds is 5. The molecule has 24 heavy (non-hydrogen) atoms. The molecule has 0 spiro atoms. The number of amides is 2. The SMILES string of the molecule is O=C(CNC(=O)C1CC(O)CN1)Nc1ccc(-n2cccn2)cc1. The Morgan fingerprint density at radius 1 is 1.33 bits per heavy atom. The van der Waals surface area contributed by atoms with Crippen molar-refractivity contribution in [2.45, 2.75) is 18.6 Å². The van der Waals surface area contributed by atoms with Crippen LogP contribution in [-0.2, 0) is 9.59 Å². The summed E-state index contributed by atoms with van der Waals surface area (Å²) in [6.07, 6.45) is 3.37. The van der Waals surface area contributed by atoms with Crippen molar-refractivity contribution in [2.75, 3.05) is 18.4 Å². The Hall–Kier alpha value is -2.71. The summed E-state index contributed by atoms with van der Waals surface area (Å²) in [6, 6.07) is 8.60. The third-order valence-corrected chi connectivity index (χ3v) is 3.77. The normalized spacial score (nSPS) is 19.9. The van der Waals surface area contributed by atoms with Crippen LogP contribution in [-0.4, -0.2) is 51.9 Å². The second-order valence-electron chi connectivity index (χ2n) is 5.61. The van der Waals surface area contributed by atoms with Crippen LogP contribution in [0.4, 0.5) is 5.69 Å². The van der Waals surface area contributed by atoms with Gasteiger partial charge in [-0.25, -0.2) is 4.68 Å². The summed E-state index contributed by atoms with van der Waals surface area (Å²) in [5, 5.41) is 21.7. The number of nitrogens with one attached hydrogen (secondary N) is 3. The van der Waals surface area contributed by atoms with Crippen molar-refractivity contribution in [3.05, 3.63) is 42.7 Å². The summed E-state index contributed by atoms with van der Waals surface area (Å²) in [5.74, 6) is -0.593. The van der Waals surface area contributed by atoms with E-state index < -0.39 is 12.1 Å². The number of hydrogen-bond acceptors (Lipinski definition) is 5. The molecule has 2 unspecified atom stereocenters. The number of anilines is 1. The fourth-order valence-corrected chi connectivity index (χ4v) is 2.53. The fourth-order valence-electron chi connectivity index (χ4n) is 2.53. The predicted molar refractivity (Wildman–Crippen MR) is 87.6 cm³/mol. The molecular weight excluding hydrogens is 310 g/mol. The maximum atomic E-state index is 11.9. The number of aliphatic hydroxyl groups excluding tert-OH is 1. The lowest BCUT2D eigenvalue weighted by Gasteiger charge is -2.11. The van der Waals surface area contributed by atoms with E-state index in [9.17, 15) is 14.7 Å². The first-order valence-electron chi connectivity index (χ1n) is 7.71. The Morgan fingerprint density at radius 2 is 2.12 bits per heavy atom. The molecule has 0 saturated carbocycles. The van der Waals surface area contributed by atoms with Crippen LogP contribution in [0, 0.1) is 0 Å². The lowest BCUT2D eigenvalue weighted by Crippen LogP contribution is -2.43. The van der Waals surface area contributed by atoms with Gasteiger partial charge in [0.15, 0.2) is 0 Å². The van der Waals surface area contributed by atoms with E-state index in [1.165, 1.54) is 0 Å². The molecule has 1 fully saturated rings. The van der Waals surface area contributed by atoms with Crippen LogP contribution in [0.3, 0.4) is 0 Å². The van der Waals surface area contributed by atoms with Crippen molar-refractivity contribution in [1.82, 2.24) is 20.4 Å². The van der Waals surface area contributed by atoms with Gasteiger partial charge in [0, 0.05) is 24.6 Å². The smallest absolute Gasteiger partial charge is 0.243 e. The van der Waals surface area contributed by atoms with Crippen molar-refractivity contribution in [3.8, 4) is 5.69 Å². The highest BCUT2D eigenvalue weighted by atomic mass is 16.3. The summed E-state index contributed by atoms with van der Waals surface area (Å²) in [5.41, 5.74) is 1.52. The Balaban J connectivity index is 1.47. The average molecular weight is 329 g/mol. The molecule has 0 aliphatic carbocycles. The zero-order valence-corrected chi connectivity index (χ0v) is 13.0. The largest absolute Gasteiger partial charge is 0.392 e. The number of aliphatic hydroxyl groups is 1. The molecule has 1 aromatic carbocycles. The van der Waals surface area contributed by atoms with Crippen molar-refractivity contribution >= 4 is 17.5 Å². The number of aromatic nitrogens is 2. The molecule has 2 heterocycles. The Morgan fingerprint density at radius 3 is 2.75 bits per heavy atom. The maximum Gasteiger partial charge on any atom is 0.243 e. The number of nitrogens with zero attached hydrogens (tertiary/aromatic N) is 2. The number of hydrogen-bond donors (Lipinski definition) is 4. The minimum atomic E-state index is -0.511. The van der Waals surface area contributed by atoms with E-state index >= 15 is 0 Å². The second-order valence-corrected chi connectivity index (χ2v) is 5.61. The summed E-state index contributed by atoms with van der Waals surface area (Å²) >= 11 is 0. The summed E-state index contributed by atoms with van der Waals surface area (Å²) in [4.78, 5) is 23.7. The molecule has 1 aliphatic rings. The molecule has 1 aromatic heterocycles. The van der Waals surface area contributed by atoms with Gasteiger partial charge in [0.1, 0.15) is 0 Å². The fraction of sp³-hybridized carbons (Fsp3) is 0.312. The highest BCUT2D eigenvalue weighted by Crippen LogP contribution is 2.12. The molecule has 3 rings (SSSR count). The molecule has 1 saturated heterocycles. The van der Waals surface area contributed by atoms with Gasteiger partial charge < -0.3 is 21.1 Å². The lowest BCUT2D eigenvalue weighted by molar-refractivity contribution is -0.125. The standard InChI is InChI=1S/C16H19N5O3/c22-13-8-14(17-9-13)16(24)18-10-15(23)20-11-2-4-12(5-3-11)21-7-1-6-19-21/h1-7,13-14,17,22H,8-10H2,(H,18,24)(H,20,23). The third kappa shape index (κ3) is 3.98. The molecule has 8 nitrogen and oxygen atoms in total. The van der Waals surface area contributed by atoms with E-state index in [4.69, 9.17) is 0 Å². The van der Waals surface area contributed by atoms with E-state index in [1.54, 1.807) is 23.0 Å². The van der Waals surface area contributed by atoms with E-state index in [2.05, 4.69) is 21.0 Å². The van der Waals surface area contributed by atoms with Crippen LogP contribution in [0.15, 0.2) is 42.7 Å². The van der Waals surface area contributed by atoms with E-state index in [0.29, 0.717) is 18.7 Å². The van der Waals surface area contributed by atoms with E-state index in [0.717, 1.165) is 5.69 Å². The first-order chi connectivity index (χ1) is 11.6. The summed E-state index contributed by atoms with van der Waals surface area (Å²) in [7, 11) is 0. The monoisotopic (exact) mass is 329 g/mol. The van der Waals surface area contributed by atoms with Gasteiger partial charge in [-0.05, 0) is 36.8 Å². The predicted octanol–water partition coefficient (Wildman–Crippen LogP) is -0.350. The molecule has 4 N–H and O–H groups in total. The Labute approximate surface area is 138 Å². The van der Waals surface area contributed by atoms with Gasteiger partial charge in [0.05, 0.1) is 24.4 Å². The summed E-state index contributed by atoms with van der Waals surface area (Å²) in [6.45, 7) is 0.279. The van der Waals surface area contributed by atoms with Crippen LogP contribution >= 0.6 is 0 Å². The highest BCUT2D eigenvalue weighted by Gasteiger charge is 2.27. The summed E-state index contributed by atoms with van der Waals surface area (Å²) < 4.78 is 1.72. The molecule has 126 valence electrons. The third-order valence-electron chi connectivity index (χ3n) is 3.77. The number of carbonyl (C=O) groups excluding carboxylic acids is 2. The van der Waals surface area contributed by atoms with Gasteiger partial charge >= 0.3 is 0 Å². The lowest BCUT2D eigenvalue weighted by atomic mass is 10.2. The quantitative estimate of drug-likeness (QED) is 0.600. The van der Waals surface area contributed by atoms with E-state index in [-0.39, 0.29) is 18.4 Å². The van der Waals surface area contributed by atoms with Crippen LogP contribution in [0.2, 0.25) is 0 Å². The molecule has 2 atom stereocenters. The first-order valence-corrected chi connectivity index (χ1v) is 7.71. The number of β-amino-alcohol motifs (C(OH)–C–C–N with tert-alkyl or cyclic N) is 1. The molecule has 0 radical (unpaired) electrons. The van der Waals surface area contributed by atoms with Crippen molar-refractivity contribution in [1.29, 1.82) is 0 Å². The van der Waals surface area contributed by atoms with Gasteiger partial charge in [-0.15, -0.1) is 0 Å². The van der Waals surface area contributed by atoms with E-state index in [1.807, 2.05) is 24.4 Å². The molecule has 1 aliphatic heterocycles. The van der Waals surface area contributed by atoms with Crippen LogP contribution in [0.1, 0.15) is 6.42 Å². The van der Waals surface area contributed by atoms with Gasteiger partial charge in [-0.3, -0.25) is 9.59 Å². The first kappa shape index (κ1) is 16.2. The zero-order chi connectivity index (χ0) is 16.9. The number of benzene rings is 1. The van der Waals surface area contributed by atoms with Gasteiger partial charge in [0.2, 0.25) is 11.8 Å². The van der Waals surface area contributed by atoms with Gasteiger partial charge in [0.25, 0.3) is 0 Å². The molecule has 2 aromatic rings. The van der Waals surface area contributed by atoms with Crippen molar-refractivity contribution in [2.24, 2.45) is 0 Å². The minimum absolute atomic E-state index is 0.117. The maximum absolute atomic E-state index is 11.9. The Bertz CT molecular complexity index is 699. The minimum Gasteiger partial charge on any atom is -0.392 e. The van der Waals surface area contributed by atoms with Crippen molar-refractivity contribution in [3.63, 3.8) is 0 Å². The Kier molecular flexibility index (Phi) is 4.88. The molecule has 8 heteroatoms. The highest BCUT2D eigenvalue weighted by molar-refractivity contribution is 5.95. The van der Waals surface area contributed by atoms with Gasteiger partial charge in [-0.1, -0.05) is 0 Å². The van der Waals surface area contributed by atoms with Crippen LogP contribution in [0.25, 0.3) is 5.69 Å². The van der Waals surface area contributed by atoms with Crippen LogP contribution in [0.5, 0.6) is 0 Å². The molecule has 2 amide bonds. The topological polar surface area (TPSA) is 108 Å². The number of carbonyl (C=O) groups is 2. The van der Waals surface area contributed by atoms with Crippen molar-refractivity contribution < 1.29 is 14.7 Å². The van der Waals surface area contributed by atoms with Crippen LogP contribution < -0.4 is 16.0 Å². The average Bonchev–Trinajstić information content (AvgIpc) is 3.25. The molecular formula is C16H19N5O3. The second kappa shape index (κ2) is 7.24. The van der Waals surface area contributed by atoms with Gasteiger partial charge in [-0.2, -0.15) is 5.10 Å².